The fourth-order valence-corrected chi connectivity index (χ4v) is 2.01. The minimum Gasteiger partial charge on any atom is -0.379 e. The molecule has 1 amide bonds. The minimum atomic E-state index is -0.368. The topological polar surface area (TPSA) is 67.6 Å². The van der Waals surface area contributed by atoms with E-state index in [-0.39, 0.29) is 18.0 Å². The molecular weight excluding hydrogens is 218 g/mol. The van der Waals surface area contributed by atoms with Crippen molar-refractivity contribution < 1.29 is 9.53 Å². The molecule has 1 aliphatic rings. The number of ether oxygens (including phenoxy) is 1. The molecule has 1 saturated heterocycles. The van der Waals surface area contributed by atoms with Crippen LogP contribution in [0.5, 0.6) is 0 Å². The molecule has 0 aromatic rings. The van der Waals surface area contributed by atoms with Crippen molar-refractivity contribution in [2.24, 2.45) is 5.73 Å². The number of rotatable bonds is 6. The van der Waals surface area contributed by atoms with Crippen molar-refractivity contribution in [3.05, 3.63) is 0 Å². The van der Waals surface area contributed by atoms with Gasteiger partial charge in [-0.3, -0.25) is 9.69 Å². The molecule has 100 valence electrons. The van der Waals surface area contributed by atoms with Gasteiger partial charge in [0.1, 0.15) is 0 Å². The summed E-state index contributed by atoms with van der Waals surface area (Å²) in [7, 11) is 0. The van der Waals surface area contributed by atoms with Crippen LogP contribution >= 0.6 is 0 Å². The third kappa shape index (κ3) is 5.48. The van der Waals surface area contributed by atoms with Gasteiger partial charge in [0, 0.05) is 25.7 Å². The number of nitrogens with one attached hydrogen (secondary N) is 1. The average molecular weight is 243 g/mol. The number of morpholine rings is 1. The number of nitrogens with two attached hydrogens (primary N) is 1. The van der Waals surface area contributed by atoms with Gasteiger partial charge < -0.3 is 15.8 Å². The normalized spacial score (nSPS) is 20.9. The summed E-state index contributed by atoms with van der Waals surface area (Å²) in [6, 6.07) is -0.226. The van der Waals surface area contributed by atoms with Crippen molar-refractivity contribution in [1.82, 2.24) is 10.2 Å². The highest BCUT2D eigenvalue weighted by molar-refractivity contribution is 5.81. The Hall–Kier alpha value is -0.650. The number of hydrogen-bond acceptors (Lipinski definition) is 4. The summed E-state index contributed by atoms with van der Waals surface area (Å²) in [6.45, 7) is 8.39. The van der Waals surface area contributed by atoms with Crippen LogP contribution in [0.4, 0.5) is 0 Å². The molecule has 0 aliphatic carbocycles. The number of carbonyl (C=O) groups is 1. The molecule has 0 aromatic heterocycles. The van der Waals surface area contributed by atoms with Crippen LogP contribution in [0, 0.1) is 0 Å². The highest BCUT2D eigenvalue weighted by Gasteiger charge is 2.17. The van der Waals surface area contributed by atoms with Crippen LogP contribution in [0.25, 0.3) is 0 Å². The van der Waals surface area contributed by atoms with E-state index in [9.17, 15) is 4.79 Å². The van der Waals surface area contributed by atoms with Gasteiger partial charge in [-0.2, -0.15) is 0 Å². The van der Waals surface area contributed by atoms with Gasteiger partial charge in [-0.25, -0.2) is 0 Å². The van der Waals surface area contributed by atoms with Gasteiger partial charge in [-0.15, -0.1) is 0 Å². The lowest BCUT2D eigenvalue weighted by molar-refractivity contribution is -0.123. The van der Waals surface area contributed by atoms with Crippen LogP contribution in [0.3, 0.4) is 0 Å². The zero-order valence-electron chi connectivity index (χ0n) is 10.9. The predicted molar refractivity (Wildman–Crippen MR) is 67.7 cm³/mol. The first kappa shape index (κ1) is 14.4. The van der Waals surface area contributed by atoms with Gasteiger partial charge >= 0.3 is 0 Å². The smallest absolute Gasteiger partial charge is 0.237 e. The van der Waals surface area contributed by atoms with Gasteiger partial charge in [0.2, 0.25) is 5.91 Å². The van der Waals surface area contributed by atoms with Crippen molar-refractivity contribution in [2.45, 2.75) is 38.8 Å². The van der Waals surface area contributed by atoms with Crippen molar-refractivity contribution in [3.8, 4) is 0 Å². The monoisotopic (exact) mass is 243 g/mol. The van der Waals surface area contributed by atoms with Gasteiger partial charge in [0.25, 0.3) is 0 Å². The average Bonchev–Trinajstić information content (AvgIpc) is 2.30. The first-order valence-electron chi connectivity index (χ1n) is 6.49. The third-order valence-corrected chi connectivity index (χ3v) is 2.96. The molecule has 0 aromatic carbocycles. The van der Waals surface area contributed by atoms with Crippen LogP contribution < -0.4 is 11.1 Å². The lowest BCUT2D eigenvalue weighted by Crippen LogP contribution is -2.50. The van der Waals surface area contributed by atoms with Gasteiger partial charge in [0.15, 0.2) is 0 Å². The standard InChI is InChI=1S/C12H25N3O2/c1-3-4-11(13)12(16)14-10(2)9-15-5-7-17-8-6-15/h10-11H,3-9,13H2,1-2H3,(H,14,16)/t10-,11-/m0/s1. The minimum absolute atomic E-state index is 0.0346. The lowest BCUT2D eigenvalue weighted by atomic mass is 10.1. The molecular formula is C12H25N3O2. The van der Waals surface area contributed by atoms with E-state index >= 15 is 0 Å². The zero-order chi connectivity index (χ0) is 12.7. The third-order valence-electron chi connectivity index (χ3n) is 2.96. The van der Waals surface area contributed by atoms with E-state index in [4.69, 9.17) is 10.5 Å². The first-order chi connectivity index (χ1) is 8.13. The Balaban J connectivity index is 2.23. The fraction of sp³-hybridized carbons (Fsp3) is 0.917. The molecule has 1 rings (SSSR count). The van der Waals surface area contributed by atoms with E-state index in [2.05, 4.69) is 10.2 Å². The Labute approximate surface area is 104 Å². The number of amides is 1. The molecule has 0 radical (unpaired) electrons. The summed E-state index contributed by atoms with van der Waals surface area (Å²) in [6.07, 6.45) is 1.68. The molecule has 1 fully saturated rings. The highest BCUT2D eigenvalue weighted by Crippen LogP contribution is 1.99. The van der Waals surface area contributed by atoms with E-state index in [1.807, 2.05) is 13.8 Å². The summed E-state index contributed by atoms with van der Waals surface area (Å²) in [5.41, 5.74) is 5.76. The summed E-state index contributed by atoms with van der Waals surface area (Å²) < 4.78 is 5.28. The van der Waals surface area contributed by atoms with E-state index in [1.165, 1.54) is 0 Å². The van der Waals surface area contributed by atoms with E-state index in [0.29, 0.717) is 0 Å². The van der Waals surface area contributed by atoms with Gasteiger partial charge in [-0.05, 0) is 13.3 Å². The van der Waals surface area contributed by atoms with E-state index < -0.39 is 0 Å². The van der Waals surface area contributed by atoms with Crippen LogP contribution in [-0.2, 0) is 9.53 Å². The molecule has 0 spiro atoms. The van der Waals surface area contributed by atoms with Crippen molar-refractivity contribution in [1.29, 1.82) is 0 Å². The maximum atomic E-state index is 11.7. The summed E-state index contributed by atoms with van der Waals surface area (Å²) in [5, 5.41) is 2.97. The van der Waals surface area contributed by atoms with Gasteiger partial charge in [-0.1, -0.05) is 13.3 Å². The molecule has 17 heavy (non-hydrogen) atoms. The van der Waals surface area contributed by atoms with Crippen molar-refractivity contribution in [2.75, 3.05) is 32.8 Å². The summed E-state index contributed by atoms with van der Waals surface area (Å²) in [4.78, 5) is 14.0. The molecule has 1 aliphatic heterocycles. The Kier molecular flexibility index (Phi) is 6.47. The highest BCUT2D eigenvalue weighted by atomic mass is 16.5. The van der Waals surface area contributed by atoms with E-state index in [0.717, 1.165) is 45.7 Å². The fourth-order valence-electron chi connectivity index (χ4n) is 2.01. The van der Waals surface area contributed by atoms with Crippen LogP contribution in [0.15, 0.2) is 0 Å². The molecule has 0 unspecified atom stereocenters. The number of hydrogen-bond donors (Lipinski definition) is 2. The predicted octanol–water partition coefficient (Wildman–Crippen LogP) is -0.0493. The van der Waals surface area contributed by atoms with E-state index in [1.54, 1.807) is 0 Å². The Morgan fingerprint density at radius 3 is 2.71 bits per heavy atom. The molecule has 1 heterocycles. The Morgan fingerprint density at radius 2 is 2.12 bits per heavy atom. The zero-order valence-corrected chi connectivity index (χ0v) is 10.9. The number of nitrogens with zero attached hydrogens (tertiary/aromatic N) is 1. The Morgan fingerprint density at radius 1 is 1.47 bits per heavy atom. The second-order valence-corrected chi connectivity index (χ2v) is 4.72. The maximum Gasteiger partial charge on any atom is 0.237 e. The first-order valence-corrected chi connectivity index (χ1v) is 6.49. The van der Waals surface area contributed by atoms with Crippen molar-refractivity contribution >= 4 is 5.91 Å². The summed E-state index contributed by atoms with van der Waals surface area (Å²) >= 11 is 0. The Bertz CT molecular complexity index is 230. The second kappa shape index (κ2) is 7.63. The molecule has 0 saturated carbocycles. The maximum absolute atomic E-state index is 11.7. The molecule has 5 heteroatoms. The van der Waals surface area contributed by atoms with Crippen LogP contribution in [-0.4, -0.2) is 55.7 Å². The number of carbonyl (C=O) groups excluding carboxylic acids is 1. The van der Waals surface area contributed by atoms with Crippen molar-refractivity contribution in [3.63, 3.8) is 0 Å². The lowest BCUT2D eigenvalue weighted by Gasteiger charge is -2.29. The summed E-state index contributed by atoms with van der Waals surface area (Å²) in [5.74, 6) is -0.0346. The molecule has 2 atom stereocenters. The molecule has 5 nitrogen and oxygen atoms in total. The largest absolute Gasteiger partial charge is 0.379 e. The SMILES string of the molecule is CCC[C@H](N)C(=O)N[C@@H](C)CN1CCOCC1. The van der Waals surface area contributed by atoms with Crippen LogP contribution in [0.2, 0.25) is 0 Å². The second-order valence-electron chi connectivity index (χ2n) is 4.72. The van der Waals surface area contributed by atoms with Gasteiger partial charge in [0.05, 0.1) is 19.3 Å². The van der Waals surface area contributed by atoms with Crippen LogP contribution in [0.1, 0.15) is 26.7 Å². The quantitative estimate of drug-likeness (QED) is 0.686. The molecule has 3 N–H and O–H groups in total. The molecule has 0 bridgehead atoms.